The van der Waals surface area contributed by atoms with Crippen LogP contribution < -0.4 is 20.2 Å². The van der Waals surface area contributed by atoms with Gasteiger partial charge in [-0.25, -0.2) is 5.43 Å². The van der Waals surface area contributed by atoms with Gasteiger partial charge >= 0.3 is 0 Å². The highest BCUT2D eigenvalue weighted by Gasteiger charge is 2.07. The van der Waals surface area contributed by atoms with Crippen LogP contribution in [-0.4, -0.2) is 32.2 Å². The molecular weight excluding hydrogens is 370 g/mol. The average molecular weight is 390 g/mol. The summed E-state index contributed by atoms with van der Waals surface area (Å²) in [6, 6.07) is 12.0. The second-order valence-electron chi connectivity index (χ2n) is 5.46. The van der Waals surface area contributed by atoms with Crippen molar-refractivity contribution in [3.05, 3.63) is 53.1 Å². The second-order valence-corrected chi connectivity index (χ2v) is 5.90. The Labute approximate surface area is 162 Å². The molecule has 2 aromatic carbocycles. The van der Waals surface area contributed by atoms with E-state index in [2.05, 4.69) is 15.8 Å². The summed E-state index contributed by atoms with van der Waals surface area (Å²) in [5.41, 5.74) is 3.64. The first-order chi connectivity index (χ1) is 13.0. The molecule has 2 aromatic rings. The van der Waals surface area contributed by atoms with E-state index in [0.29, 0.717) is 27.8 Å². The van der Waals surface area contributed by atoms with Gasteiger partial charge in [0.25, 0.3) is 0 Å². The quantitative estimate of drug-likeness (QED) is 0.536. The van der Waals surface area contributed by atoms with Crippen molar-refractivity contribution in [3.8, 4) is 11.5 Å². The highest BCUT2D eigenvalue weighted by Crippen LogP contribution is 2.23. The molecule has 0 saturated carbocycles. The smallest absolute Gasteiger partial charge is 0.240 e. The summed E-state index contributed by atoms with van der Waals surface area (Å²) >= 11 is 5.85. The zero-order chi connectivity index (χ0) is 19.6. The largest absolute Gasteiger partial charge is 0.497 e. The van der Waals surface area contributed by atoms with E-state index in [4.69, 9.17) is 21.1 Å². The molecule has 7 nitrogen and oxygen atoms in total. The molecular formula is C19H20ClN3O4. The summed E-state index contributed by atoms with van der Waals surface area (Å²) in [6.07, 6.45) is 1.49. The van der Waals surface area contributed by atoms with Crippen molar-refractivity contribution < 1.29 is 19.1 Å². The van der Waals surface area contributed by atoms with E-state index in [1.165, 1.54) is 13.3 Å². The Morgan fingerprint density at radius 2 is 1.85 bits per heavy atom. The van der Waals surface area contributed by atoms with Gasteiger partial charge in [-0.3, -0.25) is 9.59 Å². The van der Waals surface area contributed by atoms with Crippen LogP contribution in [0.1, 0.15) is 18.4 Å². The van der Waals surface area contributed by atoms with Crippen molar-refractivity contribution >= 4 is 35.3 Å². The fraction of sp³-hybridized carbons (Fsp3) is 0.211. The van der Waals surface area contributed by atoms with Crippen molar-refractivity contribution in [2.75, 3.05) is 19.5 Å². The first-order valence-electron chi connectivity index (χ1n) is 8.11. The van der Waals surface area contributed by atoms with Crippen LogP contribution >= 0.6 is 11.6 Å². The lowest BCUT2D eigenvalue weighted by Crippen LogP contribution is -2.20. The molecule has 0 aliphatic heterocycles. The Bertz CT molecular complexity index is 839. The molecule has 142 valence electrons. The molecule has 0 aliphatic rings. The number of rotatable bonds is 8. The molecule has 0 heterocycles. The number of nitrogens with zero attached hydrogens (tertiary/aromatic N) is 1. The van der Waals surface area contributed by atoms with Crippen LogP contribution in [0.15, 0.2) is 47.6 Å². The van der Waals surface area contributed by atoms with E-state index in [1.807, 2.05) is 0 Å². The Hall–Kier alpha value is -3.06. The van der Waals surface area contributed by atoms with Crippen LogP contribution in [0.3, 0.4) is 0 Å². The number of anilines is 1. The molecule has 0 fully saturated rings. The van der Waals surface area contributed by atoms with Gasteiger partial charge in [0.1, 0.15) is 11.5 Å². The number of hydrazone groups is 1. The second kappa shape index (κ2) is 10.2. The predicted molar refractivity (Wildman–Crippen MR) is 105 cm³/mol. The molecule has 2 amide bonds. The number of carbonyl (C=O) groups excluding carboxylic acids is 2. The number of hydrogen-bond donors (Lipinski definition) is 2. The van der Waals surface area contributed by atoms with Crippen LogP contribution in [-0.2, 0) is 9.59 Å². The van der Waals surface area contributed by atoms with E-state index in [9.17, 15) is 9.59 Å². The predicted octanol–water partition coefficient (Wildman–Crippen LogP) is 3.23. The Balaban J connectivity index is 1.80. The van der Waals surface area contributed by atoms with Crippen LogP contribution in [0, 0.1) is 0 Å². The fourth-order valence-electron chi connectivity index (χ4n) is 2.17. The lowest BCUT2D eigenvalue weighted by Gasteiger charge is -2.07. The zero-order valence-corrected chi connectivity index (χ0v) is 15.7. The van der Waals surface area contributed by atoms with Gasteiger partial charge in [0.05, 0.1) is 20.4 Å². The molecule has 0 aromatic heterocycles. The summed E-state index contributed by atoms with van der Waals surface area (Å²) < 4.78 is 10.4. The van der Waals surface area contributed by atoms with Gasteiger partial charge in [-0.1, -0.05) is 17.7 Å². The highest BCUT2D eigenvalue weighted by molar-refractivity contribution is 6.30. The average Bonchev–Trinajstić information content (AvgIpc) is 2.66. The SMILES string of the molecule is COc1ccc(/C=N\NC(=O)CCC(=O)Nc2cccc(Cl)c2)c(OC)c1. The van der Waals surface area contributed by atoms with E-state index in [0.717, 1.165) is 0 Å². The molecule has 0 unspecified atom stereocenters. The Morgan fingerprint density at radius 3 is 2.56 bits per heavy atom. The molecule has 0 saturated heterocycles. The minimum absolute atomic E-state index is 0.00346. The number of amides is 2. The maximum atomic E-state index is 11.9. The summed E-state index contributed by atoms with van der Waals surface area (Å²) in [5.74, 6) is 0.556. The number of benzene rings is 2. The molecule has 8 heteroatoms. The normalized spacial score (nSPS) is 10.5. The minimum atomic E-state index is -0.375. The van der Waals surface area contributed by atoms with Crippen LogP contribution in [0.25, 0.3) is 0 Å². The maximum Gasteiger partial charge on any atom is 0.240 e. The van der Waals surface area contributed by atoms with Gasteiger partial charge < -0.3 is 14.8 Å². The number of ether oxygens (including phenoxy) is 2. The van der Waals surface area contributed by atoms with E-state index in [-0.39, 0.29) is 24.7 Å². The monoisotopic (exact) mass is 389 g/mol. The lowest BCUT2D eigenvalue weighted by molar-refractivity contribution is -0.124. The standard InChI is InChI=1S/C19H20ClN3O4/c1-26-16-7-6-13(17(11-16)27-2)12-21-23-19(25)9-8-18(24)22-15-5-3-4-14(20)10-15/h3-7,10-12H,8-9H2,1-2H3,(H,22,24)(H,23,25)/b21-12-. The molecule has 0 aliphatic carbocycles. The van der Waals surface area contributed by atoms with Gasteiger partial charge in [-0.15, -0.1) is 0 Å². The maximum absolute atomic E-state index is 11.9. The molecule has 0 radical (unpaired) electrons. The van der Waals surface area contributed by atoms with E-state index >= 15 is 0 Å². The molecule has 2 rings (SSSR count). The fourth-order valence-corrected chi connectivity index (χ4v) is 2.36. The summed E-state index contributed by atoms with van der Waals surface area (Å²) in [7, 11) is 3.09. The molecule has 2 N–H and O–H groups in total. The third kappa shape index (κ3) is 6.63. The summed E-state index contributed by atoms with van der Waals surface area (Å²) in [4.78, 5) is 23.7. The van der Waals surface area contributed by atoms with Gasteiger partial charge in [-0.05, 0) is 30.3 Å². The van der Waals surface area contributed by atoms with Crippen LogP contribution in [0.2, 0.25) is 5.02 Å². The lowest BCUT2D eigenvalue weighted by atomic mass is 10.2. The minimum Gasteiger partial charge on any atom is -0.497 e. The molecule has 0 bridgehead atoms. The van der Waals surface area contributed by atoms with Crippen molar-refractivity contribution in [2.45, 2.75) is 12.8 Å². The van der Waals surface area contributed by atoms with E-state index < -0.39 is 0 Å². The van der Waals surface area contributed by atoms with Crippen molar-refractivity contribution in [1.82, 2.24) is 5.43 Å². The third-order valence-electron chi connectivity index (χ3n) is 3.52. The van der Waals surface area contributed by atoms with Crippen LogP contribution in [0.4, 0.5) is 5.69 Å². The van der Waals surface area contributed by atoms with E-state index in [1.54, 1.807) is 49.6 Å². The van der Waals surface area contributed by atoms with Gasteiger partial charge in [0.2, 0.25) is 11.8 Å². The number of carbonyl (C=O) groups is 2. The van der Waals surface area contributed by atoms with Crippen molar-refractivity contribution in [3.63, 3.8) is 0 Å². The number of methoxy groups -OCH3 is 2. The number of halogens is 1. The summed E-state index contributed by atoms with van der Waals surface area (Å²) in [5, 5.41) is 7.08. The van der Waals surface area contributed by atoms with Crippen LogP contribution in [0.5, 0.6) is 11.5 Å². The topological polar surface area (TPSA) is 89.0 Å². The van der Waals surface area contributed by atoms with Gasteiger partial charge in [0, 0.05) is 35.2 Å². The number of nitrogens with one attached hydrogen (secondary N) is 2. The first kappa shape index (κ1) is 20.3. The first-order valence-corrected chi connectivity index (χ1v) is 8.49. The highest BCUT2D eigenvalue weighted by atomic mass is 35.5. The van der Waals surface area contributed by atoms with Crippen molar-refractivity contribution in [2.24, 2.45) is 5.10 Å². The number of hydrogen-bond acceptors (Lipinski definition) is 5. The van der Waals surface area contributed by atoms with Gasteiger partial charge in [-0.2, -0.15) is 5.10 Å². The molecule has 0 spiro atoms. The van der Waals surface area contributed by atoms with Gasteiger partial charge in [0.15, 0.2) is 0 Å². The van der Waals surface area contributed by atoms with Crippen molar-refractivity contribution in [1.29, 1.82) is 0 Å². The zero-order valence-electron chi connectivity index (χ0n) is 15.0. The Kier molecular flexibility index (Phi) is 7.63. The third-order valence-corrected chi connectivity index (χ3v) is 3.76. The molecule has 0 atom stereocenters. The summed E-state index contributed by atoms with van der Waals surface area (Å²) in [6.45, 7) is 0. The molecule has 27 heavy (non-hydrogen) atoms. The Morgan fingerprint density at radius 1 is 1.07 bits per heavy atom.